The van der Waals surface area contributed by atoms with E-state index in [1.54, 1.807) is 18.2 Å². The Labute approximate surface area is 196 Å². The van der Waals surface area contributed by atoms with E-state index < -0.39 is 0 Å². The first-order valence-electron chi connectivity index (χ1n) is 12.6. The molecule has 3 fully saturated rings. The van der Waals surface area contributed by atoms with Gasteiger partial charge in [0.15, 0.2) is 0 Å². The van der Waals surface area contributed by atoms with Gasteiger partial charge in [-0.2, -0.15) is 5.10 Å². The van der Waals surface area contributed by atoms with Crippen LogP contribution in [0.2, 0.25) is 0 Å². The van der Waals surface area contributed by atoms with Gasteiger partial charge in [-0.15, -0.1) is 0 Å². The number of benzene rings is 1. The Morgan fingerprint density at radius 3 is 2.73 bits per heavy atom. The lowest BCUT2D eigenvalue weighted by atomic mass is 9.47. The Kier molecular flexibility index (Phi) is 5.63. The van der Waals surface area contributed by atoms with Crippen molar-refractivity contribution in [3.05, 3.63) is 46.0 Å². The maximum Gasteiger partial charge on any atom is 0.294 e. The summed E-state index contributed by atoms with van der Waals surface area (Å²) < 4.78 is 0. The molecule has 1 aromatic rings. The van der Waals surface area contributed by atoms with Gasteiger partial charge in [0.05, 0.1) is 11.0 Å². The van der Waals surface area contributed by atoms with Crippen molar-refractivity contribution in [2.75, 3.05) is 5.43 Å². The van der Waals surface area contributed by atoms with Crippen molar-refractivity contribution in [2.45, 2.75) is 78.2 Å². The van der Waals surface area contributed by atoms with Crippen LogP contribution >= 0.6 is 0 Å². The molecule has 1 aromatic carbocycles. The van der Waals surface area contributed by atoms with Gasteiger partial charge in [0.25, 0.3) is 5.69 Å². The van der Waals surface area contributed by atoms with Crippen LogP contribution in [-0.2, 0) is 0 Å². The standard InChI is InChI=1S/C27H37N3O3/c1-17(28-29-24-6-4-5-7-25(24)30(32)33)21-10-11-22-20-9-8-18-16-19(31)12-14-26(18,2)23(20)13-15-27(21,22)3/h4-8,19-23,29,31H,9-16H2,1-3H3/b28-17+. The third kappa shape index (κ3) is 3.61. The van der Waals surface area contributed by atoms with E-state index in [9.17, 15) is 15.2 Å². The van der Waals surface area contributed by atoms with Gasteiger partial charge >= 0.3 is 0 Å². The zero-order valence-electron chi connectivity index (χ0n) is 20.1. The number of rotatable bonds is 4. The second kappa shape index (κ2) is 8.23. The third-order valence-electron chi connectivity index (χ3n) is 10.0. The number of para-hydroxylation sites is 2. The van der Waals surface area contributed by atoms with Crippen molar-refractivity contribution in [1.82, 2.24) is 0 Å². The average molecular weight is 452 g/mol. The Bertz CT molecular complexity index is 1000. The quantitative estimate of drug-likeness (QED) is 0.243. The molecule has 4 aliphatic rings. The lowest BCUT2D eigenvalue weighted by molar-refractivity contribution is -0.384. The largest absolute Gasteiger partial charge is 0.393 e. The summed E-state index contributed by atoms with van der Waals surface area (Å²) >= 11 is 0. The summed E-state index contributed by atoms with van der Waals surface area (Å²) in [6.45, 7) is 7.04. The first-order chi connectivity index (χ1) is 15.7. The molecule has 7 atom stereocenters. The van der Waals surface area contributed by atoms with Crippen LogP contribution in [0.3, 0.4) is 0 Å². The number of anilines is 1. The molecule has 0 spiro atoms. The van der Waals surface area contributed by atoms with Crippen molar-refractivity contribution < 1.29 is 10.0 Å². The van der Waals surface area contributed by atoms with Crippen LogP contribution in [0.1, 0.15) is 72.1 Å². The maximum atomic E-state index is 11.3. The van der Waals surface area contributed by atoms with Gasteiger partial charge in [0.2, 0.25) is 0 Å². The molecule has 2 N–H and O–H groups in total. The Morgan fingerprint density at radius 2 is 1.94 bits per heavy atom. The number of allylic oxidation sites excluding steroid dienone is 1. The number of aliphatic hydroxyl groups is 1. The molecule has 3 saturated carbocycles. The number of aliphatic hydroxyl groups excluding tert-OH is 1. The molecule has 0 aromatic heterocycles. The molecular formula is C27H37N3O3. The van der Waals surface area contributed by atoms with Crippen molar-refractivity contribution in [3.8, 4) is 0 Å². The molecule has 5 rings (SSSR count). The predicted octanol–water partition coefficient (Wildman–Crippen LogP) is 6.32. The molecule has 178 valence electrons. The predicted molar refractivity (Wildman–Crippen MR) is 131 cm³/mol. The fourth-order valence-electron chi connectivity index (χ4n) is 8.28. The first kappa shape index (κ1) is 22.6. The normalized spacial score (nSPS) is 40.3. The number of nitro groups is 1. The lowest BCUT2D eigenvalue weighted by Gasteiger charge is -2.58. The smallest absolute Gasteiger partial charge is 0.294 e. The van der Waals surface area contributed by atoms with Crippen LogP contribution in [0.5, 0.6) is 0 Å². The van der Waals surface area contributed by atoms with Crippen LogP contribution in [0.15, 0.2) is 41.0 Å². The molecule has 0 saturated heterocycles. The number of nitrogens with one attached hydrogen (secondary N) is 1. The van der Waals surface area contributed by atoms with E-state index in [1.165, 1.54) is 30.9 Å². The summed E-state index contributed by atoms with van der Waals surface area (Å²) in [4.78, 5) is 11.0. The van der Waals surface area contributed by atoms with Gasteiger partial charge in [-0.05, 0) is 92.9 Å². The Hall–Kier alpha value is -2.21. The zero-order valence-corrected chi connectivity index (χ0v) is 20.1. The van der Waals surface area contributed by atoms with E-state index in [2.05, 4.69) is 37.4 Å². The second-order valence-corrected chi connectivity index (χ2v) is 11.5. The van der Waals surface area contributed by atoms with Crippen molar-refractivity contribution in [1.29, 1.82) is 0 Å². The van der Waals surface area contributed by atoms with E-state index in [1.807, 2.05) is 0 Å². The van der Waals surface area contributed by atoms with Gasteiger partial charge in [0, 0.05) is 17.7 Å². The Balaban J connectivity index is 1.36. The minimum Gasteiger partial charge on any atom is -0.393 e. The van der Waals surface area contributed by atoms with Gasteiger partial charge in [-0.3, -0.25) is 15.5 Å². The summed E-state index contributed by atoms with van der Waals surface area (Å²) in [5.74, 6) is 2.54. The number of fused-ring (bicyclic) bond motifs is 5. The zero-order chi connectivity index (χ0) is 23.4. The lowest BCUT2D eigenvalue weighted by Crippen LogP contribution is -2.50. The molecule has 4 aliphatic carbocycles. The molecule has 0 bridgehead atoms. The average Bonchev–Trinajstić information content (AvgIpc) is 3.15. The van der Waals surface area contributed by atoms with E-state index in [0.717, 1.165) is 43.7 Å². The number of nitro benzene ring substituents is 1. The van der Waals surface area contributed by atoms with E-state index in [-0.39, 0.29) is 27.5 Å². The topological polar surface area (TPSA) is 87.8 Å². The SMILES string of the molecule is C/C(=N\Nc1ccccc1[N+](=O)[O-])C1CCC2C3CC=C4CC(O)CCC4(C)C3CCC12C. The van der Waals surface area contributed by atoms with E-state index in [4.69, 9.17) is 0 Å². The number of hydrogen-bond donors (Lipinski definition) is 2. The highest BCUT2D eigenvalue weighted by Crippen LogP contribution is 2.66. The number of hydrazone groups is 1. The number of hydrogen-bond acceptors (Lipinski definition) is 5. The van der Waals surface area contributed by atoms with Crippen LogP contribution in [-0.4, -0.2) is 21.8 Å². The molecule has 0 aliphatic heterocycles. The van der Waals surface area contributed by atoms with E-state index >= 15 is 0 Å². The summed E-state index contributed by atoms with van der Waals surface area (Å²) in [5.41, 5.74) is 6.58. The fourth-order valence-corrected chi connectivity index (χ4v) is 8.28. The van der Waals surface area contributed by atoms with Crippen LogP contribution in [0, 0.1) is 44.6 Å². The summed E-state index contributed by atoms with van der Waals surface area (Å²) in [7, 11) is 0. The molecular weight excluding hydrogens is 414 g/mol. The van der Waals surface area contributed by atoms with Crippen molar-refractivity contribution in [2.24, 2.45) is 39.6 Å². The molecule has 6 nitrogen and oxygen atoms in total. The fraction of sp³-hybridized carbons (Fsp3) is 0.667. The first-order valence-corrected chi connectivity index (χ1v) is 12.6. The summed E-state index contributed by atoms with van der Waals surface area (Å²) in [6.07, 6.45) is 11.3. The maximum absolute atomic E-state index is 11.3. The molecule has 33 heavy (non-hydrogen) atoms. The summed E-state index contributed by atoms with van der Waals surface area (Å²) in [5, 5.41) is 26.2. The minimum absolute atomic E-state index is 0.0562. The van der Waals surface area contributed by atoms with Gasteiger partial charge in [0.1, 0.15) is 5.69 Å². The third-order valence-corrected chi connectivity index (χ3v) is 10.0. The second-order valence-electron chi connectivity index (χ2n) is 11.5. The van der Waals surface area contributed by atoms with Crippen LogP contribution in [0.4, 0.5) is 11.4 Å². The number of nitrogens with zero attached hydrogens (tertiary/aromatic N) is 2. The highest BCUT2D eigenvalue weighted by Gasteiger charge is 2.59. The van der Waals surface area contributed by atoms with Gasteiger partial charge < -0.3 is 5.11 Å². The molecule has 0 radical (unpaired) electrons. The molecule has 0 amide bonds. The molecule has 0 heterocycles. The monoisotopic (exact) mass is 451 g/mol. The molecule has 7 unspecified atom stereocenters. The Morgan fingerprint density at radius 1 is 1.15 bits per heavy atom. The van der Waals surface area contributed by atoms with Gasteiger partial charge in [-0.25, -0.2) is 0 Å². The molecule has 6 heteroatoms. The summed E-state index contributed by atoms with van der Waals surface area (Å²) in [6, 6.07) is 6.70. The van der Waals surface area contributed by atoms with Crippen LogP contribution < -0.4 is 5.43 Å². The highest BCUT2D eigenvalue weighted by molar-refractivity contribution is 5.86. The van der Waals surface area contributed by atoms with Crippen molar-refractivity contribution >= 4 is 17.1 Å². The van der Waals surface area contributed by atoms with E-state index in [0.29, 0.717) is 23.4 Å². The van der Waals surface area contributed by atoms with Gasteiger partial charge in [-0.1, -0.05) is 37.6 Å². The minimum atomic E-state index is -0.364. The van der Waals surface area contributed by atoms with Crippen LogP contribution in [0.25, 0.3) is 0 Å². The highest BCUT2D eigenvalue weighted by atomic mass is 16.6. The van der Waals surface area contributed by atoms with Crippen molar-refractivity contribution in [3.63, 3.8) is 0 Å².